The third kappa shape index (κ3) is 3.03. The summed E-state index contributed by atoms with van der Waals surface area (Å²) < 4.78 is 5.39. The van der Waals surface area contributed by atoms with Gasteiger partial charge in [-0.2, -0.15) is 0 Å². The number of aryl methyl sites for hydroxylation is 1. The van der Waals surface area contributed by atoms with Crippen molar-refractivity contribution < 1.29 is 4.74 Å². The van der Waals surface area contributed by atoms with Crippen LogP contribution in [0.2, 0.25) is 0 Å². The summed E-state index contributed by atoms with van der Waals surface area (Å²) in [5.74, 6) is 0.989. The van der Waals surface area contributed by atoms with Crippen LogP contribution in [-0.4, -0.2) is 37.2 Å². The van der Waals surface area contributed by atoms with E-state index in [1.807, 2.05) is 0 Å². The molecule has 1 aromatic rings. The fraction of sp³-hybridized carbons (Fsp3) is 0.600. The molecule has 0 amide bonds. The molecule has 0 radical (unpaired) electrons. The molecule has 1 fully saturated rings. The Hall–Kier alpha value is -1.06. The van der Waals surface area contributed by atoms with Gasteiger partial charge in [-0.3, -0.25) is 4.90 Å². The molecule has 1 N–H and O–H groups in total. The van der Waals surface area contributed by atoms with Crippen molar-refractivity contribution in [3.05, 3.63) is 29.3 Å². The molecule has 2 atom stereocenters. The molecular formula is C15H24N2O. The van der Waals surface area contributed by atoms with Crippen LogP contribution >= 0.6 is 0 Å². The molecule has 2 rings (SSSR count). The third-order valence-corrected chi connectivity index (χ3v) is 3.75. The smallest absolute Gasteiger partial charge is 0.122 e. The summed E-state index contributed by atoms with van der Waals surface area (Å²) in [7, 11) is 1.74. The summed E-state index contributed by atoms with van der Waals surface area (Å²) in [6.07, 6.45) is 0. The zero-order valence-corrected chi connectivity index (χ0v) is 11.9. The third-order valence-electron chi connectivity index (χ3n) is 3.75. The molecule has 0 spiro atoms. The molecule has 1 aliphatic rings. The van der Waals surface area contributed by atoms with Gasteiger partial charge >= 0.3 is 0 Å². The lowest BCUT2D eigenvalue weighted by Gasteiger charge is -2.37. The van der Waals surface area contributed by atoms with Crippen LogP contribution in [0.5, 0.6) is 5.75 Å². The van der Waals surface area contributed by atoms with Crippen molar-refractivity contribution in [2.45, 2.75) is 39.4 Å². The van der Waals surface area contributed by atoms with Crippen molar-refractivity contribution in [3.63, 3.8) is 0 Å². The standard InChI is InChI=1S/C15H24N2O/c1-11-5-6-14(7-15(11)18-4)10-17-9-12(2)16-8-13(17)3/h5-7,12-13,16H,8-10H2,1-4H3. The average Bonchev–Trinajstić information content (AvgIpc) is 2.36. The van der Waals surface area contributed by atoms with Crippen LogP contribution in [0, 0.1) is 6.92 Å². The number of hydrogen-bond donors (Lipinski definition) is 1. The lowest BCUT2D eigenvalue weighted by molar-refractivity contribution is 0.139. The number of piperazine rings is 1. The molecular weight excluding hydrogens is 224 g/mol. The summed E-state index contributed by atoms with van der Waals surface area (Å²) in [6.45, 7) is 9.79. The monoisotopic (exact) mass is 248 g/mol. The highest BCUT2D eigenvalue weighted by Gasteiger charge is 2.22. The summed E-state index contributed by atoms with van der Waals surface area (Å²) in [5, 5.41) is 3.51. The maximum absolute atomic E-state index is 5.39. The van der Waals surface area contributed by atoms with Crippen molar-refractivity contribution in [1.82, 2.24) is 10.2 Å². The van der Waals surface area contributed by atoms with Crippen LogP contribution in [0.25, 0.3) is 0 Å². The van der Waals surface area contributed by atoms with Crippen molar-refractivity contribution in [2.24, 2.45) is 0 Å². The predicted octanol–water partition coefficient (Wildman–Crippen LogP) is 2.19. The van der Waals surface area contributed by atoms with E-state index in [-0.39, 0.29) is 0 Å². The molecule has 3 nitrogen and oxygen atoms in total. The predicted molar refractivity (Wildman–Crippen MR) is 75.1 cm³/mol. The number of benzene rings is 1. The summed E-state index contributed by atoms with van der Waals surface area (Å²) in [6, 6.07) is 7.68. The van der Waals surface area contributed by atoms with Crippen molar-refractivity contribution in [3.8, 4) is 5.75 Å². The second-order valence-corrected chi connectivity index (χ2v) is 5.39. The highest BCUT2D eigenvalue weighted by molar-refractivity contribution is 5.36. The van der Waals surface area contributed by atoms with E-state index in [0.717, 1.165) is 25.4 Å². The zero-order chi connectivity index (χ0) is 13.1. The molecule has 0 aliphatic carbocycles. The highest BCUT2D eigenvalue weighted by Crippen LogP contribution is 2.21. The Morgan fingerprint density at radius 1 is 1.39 bits per heavy atom. The molecule has 0 saturated carbocycles. The summed E-state index contributed by atoms with van der Waals surface area (Å²) in [4.78, 5) is 2.53. The molecule has 1 saturated heterocycles. The van der Waals surface area contributed by atoms with E-state index in [1.54, 1.807) is 7.11 Å². The topological polar surface area (TPSA) is 24.5 Å². The number of rotatable bonds is 3. The van der Waals surface area contributed by atoms with Crippen LogP contribution in [0.15, 0.2) is 18.2 Å². The van der Waals surface area contributed by atoms with Gasteiger partial charge in [-0.05, 0) is 38.0 Å². The van der Waals surface area contributed by atoms with Gasteiger partial charge < -0.3 is 10.1 Å². The van der Waals surface area contributed by atoms with Crippen LogP contribution < -0.4 is 10.1 Å². The molecule has 1 heterocycles. The lowest BCUT2D eigenvalue weighted by Crippen LogP contribution is -2.53. The second-order valence-electron chi connectivity index (χ2n) is 5.39. The van der Waals surface area contributed by atoms with E-state index in [2.05, 4.69) is 49.2 Å². The first kappa shape index (κ1) is 13.4. The van der Waals surface area contributed by atoms with Crippen LogP contribution in [-0.2, 0) is 6.54 Å². The van der Waals surface area contributed by atoms with Crippen molar-refractivity contribution in [2.75, 3.05) is 20.2 Å². The summed E-state index contributed by atoms with van der Waals surface area (Å²) in [5.41, 5.74) is 2.53. The molecule has 1 aliphatic heterocycles. The first-order chi connectivity index (χ1) is 8.60. The van der Waals surface area contributed by atoms with E-state index >= 15 is 0 Å². The Bertz CT molecular complexity index is 405. The minimum Gasteiger partial charge on any atom is -0.496 e. The lowest BCUT2D eigenvalue weighted by atomic mass is 10.1. The van der Waals surface area contributed by atoms with Gasteiger partial charge in [-0.15, -0.1) is 0 Å². The molecule has 0 bridgehead atoms. The fourth-order valence-corrected chi connectivity index (χ4v) is 2.51. The first-order valence-electron chi connectivity index (χ1n) is 6.71. The van der Waals surface area contributed by atoms with Crippen molar-refractivity contribution in [1.29, 1.82) is 0 Å². The number of methoxy groups -OCH3 is 1. The van der Waals surface area contributed by atoms with Gasteiger partial charge in [0.15, 0.2) is 0 Å². The van der Waals surface area contributed by atoms with E-state index < -0.39 is 0 Å². The van der Waals surface area contributed by atoms with E-state index in [9.17, 15) is 0 Å². The van der Waals surface area contributed by atoms with Crippen LogP contribution in [0.3, 0.4) is 0 Å². The first-order valence-corrected chi connectivity index (χ1v) is 6.71. The zero-order valence-electron chi connectivity index (χ0n) is 11.9. The molecule has 2 unspecified atom stereocenters. The Balaban J connectivity index is 2.08. The molecule has 1 aromatic carbocycles. The van der Waals surface area contributed by atoms with E-state index in [0.29, 0.717) is 12.1 Å². The molecule has 0 aromatic heterocycles. The Kier molecular flexibility index (Phi) is 4.25. The average molecular weight is 248 g/mol. The maximum Gasteiger partial charge on any atom is 0.122 e. The fourth-order valence-electron chi connectivity index (χ4n) is 2.51. The Morgan fingerprint density at radius 3 is 2.89 bits per heavy atom. The number of hydrogen-bond acceptors (Lipinski definition) is 3. The van der Waals surface area contributed by atoms with Gasteiger partial charge in [-0.25, -0.2) is 0 Å². The summed E-state index contributed by atoms with van der Waals surface area (Å²) >= 11 is 0. The van der Waals surface area contributed by atoms with Gasteiger partial charge in [0.1, 0.15) is 5.75 Å². The molecule has 100 valence electrons. The maximum atomic E-state index is 5.39. The number of nitrogens with one attached hydrogen (secondary N) is 1. The minimum absolute atomic E-state index is 0.577. The Morgan fingerprint density at radius 2 is 2.17 bits per heavy atom. The van der Waals surface area contributed by atoms with Gasteiger partial charge in [0.2, 0.25) is 0 Å². The van der Waals surface area contributed by atoms with Gasteiger partial charge in [0.05, 0.1) is 7.11 Å². The SMILES string of the molecule is COc1cc(CN2CC(C)NCC2C)ccc1C. The van der Waals surface area contributed by atoms with Crippen LogP contribution in [0.1, 0.15) is 25.0 Å². The second kappa shape index (κ2) is 5.72. The van der Waals surface area contributed by atoms with Gasteiger partial charge in [0.25, 0.3) is 0 Å². The van der Waals surface area contributed by atoms with Gasteiger partial charge in [-0.1, -0.05) is 12.1 Å². The van der Waals surface area contributed by atoms with Gasteiger partial charge in [0, 0.05) is 31.7 Å². The van der Waals surface area contributed by atoms with Crippen LogP contribution in [0.4, 0.5) is 0 Å². The minimum atomic E-state index is 0.577. The molecule has 18 heavy (non-hydrogen) atoms. The van der Waals surface area contributed by atoms with Crippen molar-refractivity contribution >= 4 is 0 Å². The quantitative estimate of drug-likeness (QED) is 0.887. The Labute approximate surface area is 110 Å². The van der Waals surface area contributed by atoms with E-state index in [4.69, 9.17) is 4.74 Å². The highest BCUT2D eigenvalue weighted by atomic mass is 16.5. The molecule has 3 heteroatoms. The number of ether oxygens (including phenoxy) is 1. The van der Waals surface area contributed by atoms with E-state index in [1.165, 1.54) is 11.1 Å². The number of nitrogens with zero attached hydrogens (tertiary/aromatic N) is 1. The normalized spacial score (nSPS) is 25.1. The largest absolute Gasteiger partial charge is 0.496 e.